The highest BCUT2D eigenvalue weighted by molar-refractivity contribution is 9.09. The van der Waals surface area contributed by atoms with Crippen LogP contribution in [0.15, 0.2) is 0 Å². The third-order valence-electron chi connectivity index (χ3n) is 1.78. The highest BCUT2D eigenvalue weighted by Crippen LogP contribution is 2.17. The van der Waals surface area contributed by atoms with Crippen LogP contribution in [0.1, 0.15) is 26.1 Å². The minimum Gasteiger partial charge on any atom is -0.349 e. The quantitative estimate of drug-likeness (QED) is 0.775. The summed E-state index contributed by atoms with van der Waals surface area (Å²) in [5.74, 6) is 0.974. The van der Waals surface area contributed by atoms with E-state index in [-0.39, 0.29) is 0 Å². The summed E-state index contributed by atoms with van der Waals surface area (Å²) in [5.41, 5.74) is 0. The summed E-state index contributed by atoms with van der Waals surface area (Å²) >= 11 is 5.01. The summed E-state index contributed by atoms with van der Waals surface area (Å²) in [4.78, 5) is 7.08. The van der Waals surface area contributed by atoms with Crippen LogP contribution in [0.2, 0.25) is 0 Å². The lowest BCUT2D eigenvalue weighted by Gasteiger charge is -2.16. The summed E-state index contributed by atoms with van der Waals surface area (Å²) in [6.07, 6.45) is 2.09. The van der Waals surface area contributed by atoms with E-state index in [0.29, 0.717) is 4.83 Å². The molecule has 0 fully saturated rings. The van der Waals surface area contributed by atoms with E-state index in [0.717, 1.165) is 30.3 Å². The maximum atomic E-state index is 4.47. The number of rotatable bonds is 5. The van der Waals surface area contributed by atoms with Crippen molar-refractivity contribution < 1.29 is 0 Å². The van der Waals surface area contributed by atoms with Gasteiger partial charge in [0.1, 0.15) is 5.82 Å². The number of nitrogens with zero attached hydrogens (tertiary/aromatic N) is 3. The van der Waals surface area contributed by atoms with Gasteiger partial charge in [0.05, 0.1) is 0 Å². The maximum absolute atomic E-state index is 4.47. The predicted molar refractivity (Wildman–Crippen MR) is 65.6 cm³/mol. The van der Waals surface area contributed by atoms with Crippen molar-refractivity contribution in [1.82, 2.24) is 9.36 Å². The van der Waals surface area contributed by atoms with Gasteiger partial charge < -0.3 is 4.90 Å². The smallest absolute Gasteiger partial charge is 0.204 e. The minimum atomic E-state index is 0.478. The number of alkyl halides is 1. The molecule has 0 N–H and O–H groups in total. The van der Waals surface area contributed by atoms with Gasteiger partial charge in [-0.15, -0.1) is 0 Å². The van der Waals surface area contributed by atoms with Gasteiger partial charge in [0.25, 0.3) is 0 Å². The molecule has 0 radical (unpaired) electrons. The second kappa shape index (κ2) is 5.66. The van der Waals surface area contributed by atoms with Crippen molar-refractivity contribution in [2.75, 3.05) is 18.5 Å². The average Bonchev–Trinajstić information content (AvgIpc) is 2.52. The van der Waals surface area contributed by atoms with Crippen molar-refractivity contribution in [3.8, 4) is 0 Å². The van der Waals surface area contributed by atoms with E-state index in [9.17, 15) is 0 Å². The van der Waals surface area contributed by atoms with Crippen molar-refractivity contribution in [2.45, 2.75) is 31.5 Å². The summed E-state index contributed by atoms with van der Waals surface area (Å²) in [5, 5.41) is 1.01. The number of aromatic nitrogens is 2. The molecule has 0 aliphatic rings. The first-order chi connectivity index (χ1) is 6.63. The Morgan fingerprint density at radius 3 is 2.86 bits per heavy atom. The van der Waals surface area contributed by atoms with Crippen LogP contribution in [-0.2, 0) is 6.42 Å². The Hall–Kier alpha value is -0.160. The van der Waals surface area contributed by atoms with Crippen LogP contribution >= 0.6 is 27.5 Å². The first-order valence-electron chi connectivity index (χ1n) is 4.81. The molecule has 0 saturated carbocycles. The Balaban J connectivity index is 2.57. The van der Waals surface area contributed by atoms with E-state index in [2.05, 4.69) is 44.0 Å². The topological polar surface area (TPSA) is 29.0 Å². The van der Waals surface area contributed by atoms with Crippen LogP contribution in [0.4, 0.5) is 5.13 Å². The highest BCUT2D eigenvalue weighted by Gasteiger charge is 2.09. The zero-order valence-electron chi connectivity index (χ0n) is 8.83. The molecule has 0 bridgehead atoms. The molecule has 1 rings (SSSR count). The molecule has 0 aliphatic carbocycles. The molecule has 1 unspecified atom stereocenters. The number of halogens is 1. The minimum absolute atomic E-state index is 0.478. The molecule has 5 heteroatoms. The molecular formula is C9H16BrN3S. The van der Waals surface area contributed by atoms with Gasteiger partial charge in [0, 0.05) is 36.4 Å². The van der Waals surface area contributed by atoms with Gasteiger partial charge in [0.15, 0.2) is 0 Å². The third-order valence-corrected chi connectivity index (χ3v) is 2.94. The van der Waals surface area contributed by atoms with Crippen molar-refractivity contribution >= 4 is 32.6 Å². The number of hydrogen-bond donors (Lipinski definition) is 0. The molecule has 0 saturated heterocycles. The molecule has 0 aliphatic heterocycles. The average molecular weight is 278 g/mol. The molecule has 3 nitrogen and oxygen atoms in total. The van der Waals surface area contributed by atoms with Gasteiger partial charge in [-0.25, -0.2) is 4.98 Å². The Kier molecular flexibility index (Phi) is 4.81. The Morgan fingerprint density at radius 1 is 1.57 bits per heavy atom. The van der Waals surface area contributed by atoms with Gasteiger partial charge >= 0.3 is 0 Å². The van der Waals surface area contributed by atoms with Crippen LogP contribution in [0.3, 0.4) is 0 Å². The van der Waals surface area contributed by atoms with E-state index in [1.54, 1.807) is 0 Å². The third kappa shape index (κ3) is 3.53. The normalized spacial score (nSPS) is 12.9. The molecule has 0 aromatic carbocycles. The van der Waals surface area contributed by atoms with Gasteiger partial charge in [-0.05, 0) is 6.42 Å². The van der Waals surface area contributed by atoms with Gasteiger partial charge in [-0.3, -0.25) is 0 Å². The van der Waals surface area contributed by atoms with E-state index in [4.69, 9.17) is 0 Å². The van der Waals surface area contributed by atoms with Gasteiger partial charge in [-0.2, -0.15) is 4.37 Å². The van der Waals surface area contributed by atoms with Crippen LogP contribution in [-0.4, -0.2) is 27.8 Å². The molecule has 14 heavy (non-hydrogen) atoms. The van der Waals surface area contributed by atoms with Crippen molar-refractivity contribution in [3.05, 3.63) is 5.82 Å². The molecule has 0 spiro atoms. The van der Waals surface area contributed by atoms with Crippen molar-refractivity contribution in [3.63, 3.8) is 0 Å². The van der Waals surface area contributed by atoms with E-state index >= 15 is 0 Å². The fourth-order valence-electron chi connectivity index (χ4n) is 1.18. The highest BCUT2D eigenvalue weighted by atomic mass is 79.9. The Bertz CT molecular complexity index is 275. The summed E-state index contributed by atoms with van der Waals surface area (Å²) in [6, 6.07) is 0. The second-order valence-corrected chi connectivity index (χ2v) is 5.70. The van der Waals surface area contributed by atoms with Crippen molar-refractivity contribution in [1.29, 1.82) is 0 Å². The van der Waals surface area contributed by atoms with Crippen LogP contribution in [0.5, 0.6) is 0 Å². The van der Waals surface area contributed by atoms with E-state index < -0.39 is 0 Å². The second-order valence-electron chi connectivity index (χ2n) is 3.40. The number of aryl methyl sites for hydroxylation is 1. The molecule has 1 aromatic heterocycles. The lowest BCUT2D eigenvalue weighted by Crippen LogP contribution is -2.23. The monoisotopic (exact) mass is 277 g/mol. The maximum Gasteiger partial charge on any atom is 0.204 e. The summed E-state index contributed by atoms with van der Waals surface area (Å²) < 4.78 is 4.31. The van der Waals surface area contributed by atoms with Crippen molar-refractivity contribution in [2.24, 2.45) is 0 Å². The zero-order valence-corrected chi connectivity index (χ0v) is 11.2. The molecule has 80 valence electrons. The first kappa shape index (κ1) is 11.9. The van der Waals surface area contributed by atoms with Crippen LogP contribution in [0.25, 0.3) is 0 Å². The Labute approximate surface area is 97.8 Å². The first-order valence-corrected chi connectivity index (χ1v) is 6.50. The fraction of sp³-hybridized carbons (Fsp3) is 0.778. The summed E-state index contributed by atoms with van der Waals surface area (Å²) in [6.45, 7) is 5.23. The van der Waals surface area contributed by atoms with E-state index in [1.165, 1.54) is 11.5 Å². The SMILES string of the molecule is CCCc1nsc(N(C)CC(C)Br)n1. The molecule has 1 atom stereocenters. The van der Waals surface area contributed by atoms with Gasteiger partial charge in [-0.1, -0.05) is 29.8 Å². The molecule has 0 amide bonds. The fourth-order valence-corrected chi connectivity index (χ4v) is 2.29. The Morgan fingerprint density at radius 2 is 2.29 bits per heavy atom. The summed E-state index contributed by atoms with van der Waals surface area (Å²) in [7, 11) is 2.05. The molecule has 1 heterocycles. The largest absolute Gasteiger partial charge is 0.349 e. The zero-order chi connectivity index (χ0) is 10.6. The number of anilines is 1. The van der Waals surface area contributed by atoms with Gasteiger partial charge in [0.2, 0.25) is 5.13 Å². The lowest BCUT2D eigenvalue weighted by atomic mass is 10.3. The van der Waals surface area contributed by atoms with Crippen LogP contribution in [0, 0.1) is 0 Å². The lowest BCUT2D eigenvalue weighted by molar-refractivity contribution is 0.838. The predicted octanol–water partition coefficient (Wildman–Crippen LogP) is 2.71. The van der Waals surface area contributed by atoms with E-state index in [1.807, 2.05) is 7.05 Å². The van der Waals surface area contributed by atoms with Crippen LogP contribution < -0.4 is 4.90 Å². The number of hydrogen-bond acceptors (Lipinski definition) is 4. The molecule has 1 aromatic rings. The molecular weight excluding hydrogens is 262 g/mol. The standard InChI is InChI=1S/C9H16BrN3S/c1-4-5-8-11-9(14-12-8)13(3)6-7(2)10/h7H,4-6H2,1-3H3.